The van der Waals surface area contributed by atoms with E-state index in [1.165, 1.54) is 0 Å². The van der Waals surface area contributed by atoms with E-state index in [0.717, 1.165) is 46.7 Å². The number of rotatable bonds is 9. The second kappa shape index (κ2) is 10.0. The van der Waals surface area contributed by atoms with Gasteiger partial charge in [0.1, 0.15) is 40.3 Å². The third kappa shape index (κ3) is 4.55. The summed E-state index contributed by atoms with van der Waals surface area (Å²) in [5, 5.41) is 23.9. The fourth-order valence-electron chi connectivity index (χ4n) is 6.38. The zero-order valence-electron chi connectivity index (χ0n) is 25.0. The average molecular weight is 624 g/mol. The molecule has 3 aliphatic rings. The summed E-state index contributed by atoms with van der Waals surface area (Å²) in [5.41, 5.74) is 6.75. The van der Waals surface area contributed by atoms with Crippen LogP contribution < -0.4 is 20.5 Å². The van der Waals surface area contributed by atoms with Gasteiger partial charge in [0, 0.05) is 33.0 Å². The van der Waals surface area contributed by atoms with Crippen LogP contribution >= 0.6 is 11.3 Å². The molecule has 1 aliphatic heterocycles. The van der Waals surface area contributed by atoms with Crippen molar-refractivity contribution >= 4 is 44.1 Å². The molecule has 0 spiro atoms. The van der Waals surface area contributed by atoms with Gasteiger partial charge >= 0.3 is 0 Å². The number of pyridine rings is 1. The first kappa shape index (κ1) is 28.0. The van der Waals surface area contributed by atoms with Crippen LogP contribution in [0.5, 0.6) is 11.5 Å². The number of fused-ring (bicyclic) bond motifs is 3. The number of aliphatic hydroxyl groups is 1. The lowest BCUT2D eigenvalue weighted by atomic mass is 9.81. The SMILES string of the molecule is COc1cc(C(=O)NC[C@](O)(c2cc3c(c(-c4ccc5sccc5c4)n2)OC[C@]3(C)C(N)=O)C2CC2)cc2cn(C3CC3)nc12. The Kier molecular flexibility index (Phi) is 6.24. The summed E-state index contributed by atoms with van der Waals surface area (Å²) in [5.74, 6) is 0.0292. The van der Waals surface area contributed by atoms with Crippen molar-refractivity contribution in [2.75, 3.05) is 20.3 Å². The Hall–Kier alpha value is -4.48. The quantitative estimate of drug-likeness (QED) is 0.214. The number of carbonyl (C=O) groups excluding carboxylic acids is 2. The van der Waals surface area contributed by atoms with Crippen LogP contribution in [0.1, 0.15) is 60.3 Å². The predicted molar refractivity (Wildman–Crippen MR) is 171 cm³/mol. The number of thiophene rings is 1. The number of carbonyl (C=O) groups is 2. The van der Waals surface area contributed by atoms with E-state index < -0.39 is 16.9 Å². The van der Waals surface area contributed by atoms with Crippen LogP contribution in [0.2, 0.25) is 0 Å². The molecular formula is C34H33N5O5S. The van der Waals surface area contributed by atoms with Gasteiger partial charge in [-0.25, -0.2) is 4.98 Å². The largest absolute Gasteiger partial charge is 0.494 e. The van der Waals surface area contributed by atoms with E-state index >= 15 is 0 Å². The summed E-state index contributed by atoms with van der Waals surface area (Å²) in [6.07, 6.45) is 5.70. The first-order valence-electron chi connectivity index (χ1n) is 15.2. The molecule has 2 atom stereocenters. The summed E-state index contributed by atoms with van der Waals surface area (Å²) in [6, 6.07) is 13.7. The van der Waals surface area contributed by atoms with E-state index in [1.54, 1.807) is 43.6 Å². The van der Waals surface area contributed by atoms with E-state index in [-0.39, 0.29) is 25.0 Å². The van der Waals surface area contributed by atoms with Crippen LogP contribution in [0.3, 0.4) is 0 Å². The molecule has 4 heterocycles. The van der Waals surface area contributed by atoms with Gasteiger partial charge in [-0.1, -0.05) is 6.07 Å². The molecule has 5 aromatic rings. The molecule has 2 saturated carbocycles. The number of methoxy groups -OCH3 is 1. The lowest BCUT2D eigenvalue weighted by Crippen LogP contribution is -2.44. The molecule has 2 aliphatic carbocycles. The van der Waals surface area contributed by atoms with Gasteiger partial charge in [-0.15, -0.1) is 11.3 Å². The Morgan fingerprint density at radius 2 is 2.00 bits per heavy atom. The van der Waals surface area contributed by atoms with Gasteiger partial charge in [-0.3, -0.25) is 14.3 Å². The van der Waals surface area contributed by atoms with Gasteiger partial charge in [-0.2, -0.15) is 5.10 Å². The molecule has 2 fully saturated rings. The molecule has 0 radical (unpaired) electrons. The van der Waals surface area contributed by atoms with E-state index in [4.69, 9.17) is 20.2 Å². The van der Waals surface area contributed by atoms with Crippen molar-refractivity contribution in [2.24, 2.45) is 11.7 Å². The molecular weight excluding hydrogens is 590 g/mol. The van der Waals surface area contributed by atoms with E-state index in [1.807, 2.05) is 40.5 Å². The Morgan fingerprint density at radius 3 is 2.73 bits per heavy atom. The highest BCUT2D eigenvalue weighted by Crippen LogP contribution is 2.50. The number of ether oxygens (including phenoxy) is 2. The Morgan fingerprint density at radius 1 is 1.18 bits per heavy atom. The predicted octanol–water partition coefficient (Wildman–Crippen LogP) is 4.82. The summed E-state index contributed by atoms with van der Waals surface area (Å²) in [6.45, 7) is 1.77. The molecule has 11 heteroatoms. The molecule has 230 valence electrons. The van der Waals surface area contributed by atoms with E-state index in [2.05, 4.69) is 10.4 Å². The fraction of sp³-hybridized carbons (Fsp3) is 0.353. The maximum Gasteiger partial charge on any atom is 0.251 e. The molecule has 0 unspecified atom stereocenters. The Balaban J connectivity index is 1.17. The zero-order valence-corrected chi connectivity index (χ0v) is 25.8. The van der Waals surface area contributed by atoms with Crippen LogP contribution in [0.25, 0.3) is 32.2 Å². The van der Waals surface area contributed by atoms with Crippen molar-refractivity contribution in [3.05, 3.63) is 70.9 Å². The Bertz CT molecular complexity index is 2030. The van der Waals surface area contributed by atoms with Gasteiger partial charge in [0.2, 0.25) is 5.91 Å². The smallest absolute Gasteiger partial charge is 0.251 e. The molecule has 2 amide bonds. The van der Waals surface area contributed by atoms with Crippen LogP contribution in [0.15, 0.2) is 54.0 Å². The highest BCUT2D eigenvalue weighted by atomic mass is 32.1. The standard InChI is InChI=1S/C34H33N5O5S/c1-33(32(35)41)17-44-30-24(33)14-27(37-29(30)19-3-8-26-18(11-19)9-10-45-26)34(42,22-4-5-22)16-36-31(40)20-12-21-15-39(23-6-7-23)38-28(21)25(13-20)43-2/h3,8-15,22-23,42H,4-7,16-17H2,1-2H3,(H2,35,41)(H,36,40)/t33-,34+/m0/s1. The van der Waals surface area contributed by atoms with Gasteiger partial charge in [0.05, 0.1) is 25.4 Å². The van der Waals surface area contributed by atoms with E-state index in [0.29, 0.717) is 45.6 Å². The minimum Gasteiger partial charge on any atom is -0.494 e. The maximum atomic E-state index is 13.6. The molecule has 0 bridgehead atoms. The number of amides is 2. The summed E-state index contributed by atoms with van der Waals surface area (Å²) in [4.78, 5) is 31.3. The molecule has 45 heavy (non-hydrogen) atoms. The summed E-state index contributed by atoms with van der Waals surface area (Å²) >= 11 is 1.65. The number of nitrogens with one attached hydrogen (secondary N) is 1. The Labute approximate surface area is 263 Å². The minimum absolute atomic E-state index is 0.0683. The molecule has 3 aromatic heterocycles. The van der Waals surface area contributed by atoms with Gasteiger partial charge in [0.25, 0.3) is 5.91 Å². The number of hydrogen-bond acceptors (Lipinski definition) is 8. The molecule has 0 saturated heterocycles. The van der Waals surface area contributed by atoms with Crippen molar-refractivity contribution in [3.8, 4) is 22.8 Å². The van der Waals surface area contributed by atoms with E-state index in [9.17, 15) is 14.7 Å². The topological polar surface area (TPSA) is 142 Å². The summed E-state index contributed by atoms with van der Waals surface area (Å²) in [7, 11) is 1.56. The molecule has 8 rings (SSSR count). The highest BCUT2D eigenvalue weighted by molar-refractivity contribution is 7.17. The maximum absolute atomic E-state index is 13.6. The average Bonchev–Trinajstić information content (AvgIpc) is 3.96. The van der Waals surface area contributed by atoms with Crippen LogP contribution in [-0.4, -0.2) is 51.9 Å². The first-order chi connectivity index (χ1) is 21.7. The third-order valence-electron chi connectivity index (χ3n) is 9.55. The molecule has 10 nitrogen and oxygen atoms in total. The monoisotopic (exact) mass is 623 g/mol. The van der Waals surface area contributed by atoms with Crippen LogP contribution in [0, 0.1) is 5.92 Å². The second-order valence-corrected chi connectivity index (χ2v) is 13.7. The second-order valence-electron chi connectivity index (χ2n) is 12.7. The fourth-order valence-corrected chi connectivity index (χ4v) is 7.15. The van der Waals surface area contributed by atoms with Gasteiger partial charge in [-0.05, 0) is 85.7 Å². The van der Waals surface area contributed by atoms with Crippen LogP contribution in [-0.2, 0) is 15.8 Å². The molecule has 4 N–H and O–H groups in total. The lowest BCUT2D eigenvalue weighted by molar-refractivity contribution is -0.123. The minimum atomic E-state index is -1.49. The number of primary amides is 1. The summed E-state index contributed by atoms with van der Waals surface area (Å²) < 4.78 is 14.8. The first-order valence-corrected chi connectivity index (χ1v) is 16.1. The molecule has 2 aromatic carbocycles. The lowest BCUT2D eigenvalue weighted by Gasteiger charge is -2.30. The van der Waals surface area contributed by atoms with Gasteiger partial charge < -0.3 is 25.6 Å². The van der Waals surface area contributed by atoms with Crippen molar-refractivity contribution in [1.82, 2.24) is 20.1 Å². The van der Waals surface area contributed by atoms with Crippen molar-refractivity contribution in [3.63, 3.8) is 0 Å². The van der Waals surface area contributed by atoms with Crippen molar-refractivity contribution < 1.29 is 24.2 Å². The highest BCUT2D eigenvalue weighted by Gasteiger charge is 2.50. The number of benzene rings is 2. The van der Waals surface area contributed by atoms with Crippen molar-refractivity contribution in [2.45, 2.75) is 49.7 Å². The number of hydrogen-bond donors (Lipinski definition) is 3. The van der Waals surface area contributed by atoms with Crippen LogP contribution in [0.4, 0.5) is 0 Å². The number of aromatic nitrogens is 3. The normalized spacial score (nSPS) is 20.5. The zero-order chi connectivity index (χ0) is 31.1. The third-order valence-corrected chi connectivity index (χ3v) is 10.4. The van der Waals surface area contributed by atoms with Crippen molar-refractivity contribution in [1.29, 1.82) is 0 Å². The van der Waals surface area contributed by atoms with Gasteiger partial charge in [0.15, 0.2) is 0 Å². The number of nitrogens with zero attached hydrogens (tertiary/aromatic N) is 3. The number of nitrogens with two attached hydrogens (primary N) is 1.